The van der Waals surface area contributed by atoms with Crippen molar-refractivity contribution >= 4 is 11.8 Å². The molecule has 1 N–H and O–H groups in total. The zero-order chi connectivity index (χ0) is 13.6. The molecule has 1 rings (SSSR count). The number of nitrogens with one attached hydrogen (secondary N) is 1. The largest absolute Gasteiger partial charge is 0.389 e. The lowest BCUT2D eigenvalue weighted by molar-refractivity contribution is -0.136. The topological polar surface area (TPSA) is 12.0 Å². The van der Waals surface area contributed by atoms with Gasteiger partial charge in [0.05, 0.1) is 0 Å². The van der Waals surface area contributed by atoms with E-state index in [0.717, 1.165) is 16.2 Å². The van der Waals surface area contributed by atoms with Crippen LogP contribution in [-0.2, 0) is 0 Å². The van der Waals surface area contributed by atoms with Crippen LogP contribution in [0.15, 0.2) is 29.2 Å². The molecule has 0 saturated heterocycles. The Morgan fingerprint density at radius 3 is 2.28 bits per heavy atom. The van der Waals surface area contributed by atoms with Gasteiger partial charge in [0.15, 0.2) is 0 Å². The van der Waals surface area contributed by atoms with Gasteiger partial charge in [0.2, 0.25) is 0 Å². The Balaban J connectivity index is 2.64. The highest BCUT2D eigenvalue weighted by molar-refractivity contribution is 7.99. The van der Waals surface area contributed by atoms with E-state index in [9.17, 15) is 13.2 Å². The van der Waals surface area contributed by atoms with E-state index in [1.165, 1.54) is 0 Å². The van der Waals surface area contributed by atoms with Gasteiger partial charge in [-0.1, -0.05) is 19.1 Å². The van der Waals surface area contributed by atoms with Crippen molar-refractivity contribution in [2.75, 3.05) is 12.8 Å². The standard InChI is InChI=1S/C13H18F3NS/c1-3-18-11-6-4-10(5-7-11)12(17-2)8-9-13(14,15)16/h4-7,12,17H,3,8-9H2,1-2H3. The van der Waals surface area contributed by atoms with Crippen molar-refractivity contribution in [2.45, 2.75) is 36.9 Å². The molecule has 5 heteroatoms. The predicted molar refractivity (Wildman–Crippen MR) is 69.9 cm³/mol. The maximum atomic E-state index is 12.2. The van der Waals surface area contributed by atoms with Crippen LogP contribution >= 0.6 is 11.8 Å². The molecule has 1 atom stereocenters. The average Bonchev–Trinajstić information content (AvgIpc) is 2.31. The molecule has 1 unspecified atom stereocenters. The van der Waals surface area contributed by atoms with E-state index in [1.54, 1.807) is 18.8 Å². The van der Waals surface area contributed by atoms with E-state index in [-0.39, 0.29) is 12.5 Å². The van der Waals surface area contributed by atoms with Gasteiger partial charge in [0.1, 0.15) is 0 Å². The summed E-state index contributed by atoms with van der Waals surface area (Å²) in [5, 5.41) is 2.94. The summed E-state index contributed by atoms with van der Waals surface area (Å²) in [7, 11) is 1.69. The molecule has 0 bridgehead atoms. The fourth-order valence-electron chi connectivity index (χ4n) is 1.75. The fraction of sp³-hybridized carbons (Fsp3) is 0.538. The number of hydrogen-bond donors (Lipinski definition) is 1. The van der Waals surface area contributed by atoms with Gasteiger partial charge in [0.25, 0.3) is 0 Å². The first-order valence-corrected chi connectivity index (χ1v) is 6.91. The summed E-state index contributed by atoms with van der Waals surface area (Å²) in [4.78, 5) is 1.15. The van der Waals surface area contributed by atoms with E-state index >= 15 is 0 Å². The molecule has 1 nitrogen and oxygen atoms in total. The normalized spacial score (nSPS) is 13.6. The lowest BCUT2D eigenvalue weighted by Gasteiger charge is -2.18. The Labute approximate surface area is 110 Å². The molecule has 0 aliphatic rings. The van der Waals surface area contributed by atoms with Gasteiger partial charge in [-0.2, -0.15) is 13.2 Å². The van der Waals surface area contributed by atoms with Gasteiger partial charge in [0, 0.05) is 17.4 Å². The first-order valence-electron chi connectivity index (χ1n) is 5.93. The molecule has 1 aromatic carbocycles. The lowest BCUT2D eigenvalue weighted by Crippen LogP contribution is -2.19. The first-order chi connectivity index (χ1) is 8.46. The van der Waals surface area contributed by atoms with Crippen molar-refractivity contribution in [1.29, 1.82) is 0 Å². The summed E-state index contributed by atoms with van der Waals surface area (Å²) in [5.74, 6) is 0.989. The molecular weight excluding hydrogens is 259 g/mol. The summed E-state index contributed by atoms with van der Waals surface area (Å²) >= 11 is 1.72. The summed E-state index contributed by atoms with van der Waals surface area (Å²) < 4.78 is 36.6. The summed E-state index contributed by atoms with van der Waals surface area (Å²) in [5.41, 5.74) is 0.905. The molecule has 0 aromatic heterocycles. The minimum atomic E-state index is -4.09. The Hall–Kier alpha value is -0.680. The van der Waals surface area contributed by atoms with Crippen LogP contribution in [0.1, 0.15) is 31.4 Å². The predicted octanol–water partition coefficient (Wildman–Crippen LogP) is 4.40. The second-order valence-electron chi connectivity index (χ2n) is 4.00. The van der Waals surface area contributed by atoms with Crippen molar-refractivity contribution in [3.05, 3.63) is 29.8 Å². The summed E-state index contributed by atoms with van der Waals surface area (Å²) in [6, 6.07) is 7.47. The Morgan fingerprint density at radius 1 is 1.22 bits per heavy atom. The van der Waals surface area contributed by atoms with Crippen molar-refractivity contribution in [3.63, 3.8) is 0 Å². The van der Waals surface area contributed by atoms with Gasteiger partial charge in [-0.05, 0) is 36.9 Å². The van der Waals surface area contributed by atoms with Crippen LogP contribution in [0.3, 0.4) is 0 Å². The van der Waals surface area contributed by atoms with Crippen molar-refractivity contribution in [2.24, 2.45) is 0 Å². The highest BCUT2D eigenvalue weighted by Crippen LogP contribution is 2.28. The third-order valence-electron chi connectivity index (χ3n) is 2.66. The Morgan fingerprint density at radius 2 is 1.83 bits per heavy atom. The highest BCUT2D eigenvalue weighted by Gasteiger charge is 2.28. The van der Waals surface area contributed by atoms with Crippen molar-refractivity contribution in [3.8, 4) is 0 Å². The molecule has 1 aromatic rings. The van der Waals surface area contributed by atoms with Crippen LogP contribution < -0.4 is 5.32 Å². The molecule has 0 radical (unpaired) electrons. The monoisotopic (exact) mass is 277 g/mol. The maximum absolute atomic E-state index is 12.2. The van der Waals surface area contributed by atoms with E-state index in [1.807, 2.05) is 24.3 Å². The van der Waals surface area contributed by atoms with Gasteiger partial charge in [-0.15, -0.1) is 11.8 Å². The number of alkyl halides is 3. The highest BCUT2D eigenvalue weighted by atomic mass is 32.2. The van der Waals surface area contributed by atoms with Crippen LogP contribution in [-0.4, -0.2) is 19.0 Å². The summed E-state index contributed by atoms with van der Waals surface area (Å²) in [6.45, 7) is 2.07. The third kappa shape index (κ3) is 5.31. The Kier molecular flexibility index (Phi) is 6.02. The van der Waals surface area contributed by atoms with Crippen LogP contribution in [0, 0.1) is 0 Å². The number of hydrogen-bond acceptors (Lipinski definition) is 2. The molecule has 0 amide bonds. The SMILES string of the molecule is CCSc1ccc(C(CCC(F)(F)F)NC)cc1. The number of halogens is 3. The number of thioether (sulfide) groups is 1. The molecule has 0 saturated carbocycles. The maximum Gasteiger partial charge on any atom is 0.389 e. The van der Waals surface area contributed by atoms with Crippen molar-refractivity contribution in [1.82, 2.24) is 5.32 Å². The molecule has 18 heavy (non-hydrogen) atoms. The van der Waals surface area contributed by atoms with E-state index < -0.39 is 12.6 Å². The van der Waals surface area contributed by atoms with E-state index in [0.29, 0.717) is 0 Å². The number of rotatable bonds is 6. The molecule has 0 fully saturated rings. The van der Waals surface area contributed by atoms with Gasteiger partial charge in [-0.3, -0.25) is 0 Å². The van der Waals surface area contributed by atoms with Crippen LogP contribution in [0.4, 0.5) is 13.2 Å². The smallest absolute Gasteiger partial charge is 0.313 e. The van der Waals surface area contributed by atoms with E-state index in [4.69, 9.17) is 0 Å². The van der Waals surface area contributed by atoms with Gasteiger partial charge >= 0.3 is 6.18 Å². The number of benzene rings is 1. The third-order valence-corrected chi connectivity index (χ3v) is 3.55. The second-order valence-corrected chi connectivity index (χ2v) is 5.33. The minimum absolute atomic E-state index is 0.0697. The van der Waals surface area contributed by atoms with Crippen molar-refractivity contribution < 1.29 is 13.2 Å². The quantitative estimate of drug-likeness (QED) is 0.773. The minimum Gasteiger partial charge on any atom is -0.313 e. The Bertz CT molecular complexity index is 348. The molecule has 0 aliphatic carbocycles. The summed E-state index contributed by atoms with van der Waals surface area (Å²) in [6.07, 6.45) is -4.78. The van der Waals surface area contributed by atoms with Gasteiger partial charge < -0.3 is 5.32 Å². The molecule has 0 heterocycles. The molecule has 0 spiro atoms. The zero-order valence-electron chi connectivity index (χ0n) is 10.6. The van der Waals surface area contributed by atoms with E-state index in [2.05, 4.69) is 12.2 Å². The van der Waals surface area contributed by atoms with Crippen LogP contribution in [0.2, 0.25) is 0 Å². The first kappa shape index (κ1) is 15.4. The molecular formula is C13H18F3NS. The molecule has 102 valence electrons. The van der Waals surface area contributed by atoms with Crippen LogP contribution in [0.25, 0.3) is 0 Å². The second kappa shape index (κ2) is 7.04. The van der Waals surface area contributed by atoms with Crippen LogP contribution in [0.5, 0.6) is 0 Å². The molecule has 0 aliphatic heterocycles. The average molecular weight is 277 g/mol. The van der Waals surface area contributed by atoms with Gasteiger partial charge in [-0.25, -0.2) is 0 Å². The fourth-order valence-corrected chi connectivity index (χ4v) is 2.41. The lowest BCUT2D eigenvalue weighted by atomic mass is 10.0. The zero-order valence-corrected chi connectivity index (χ0v) is 11.4.